The Balaban J connectivity index is 0.000000208. The third kappa shape index (κ3) is 11.8. The lowest BCUT2D eigenvalue weighted by atomic mass is 10.2. The van der Waals surface area contributed by atoms with E-state index in [0.717, 1.165) is 57.1 Å². The summed E-state index contributed by atoms with van der Waals surface area (Å²) in [4.78, 5) is 36.0. The Labute approximate surface area is 372 Å². The van der Waals surface area contributed by atoms with Gasteiger partial charge in [-0.3, -0.25) is 29.9 Å². The first kappa shape index (κ1) is 48.4. The molecule has 0 atom stereocenters. The number of nitrogens with one attached hydrogen (secondary N) is 6. The summed E-state index contributed by atoms with van der Waals surface area (Å²) in [6.07, 6.45) is 2.69. The van der Waals surface area contributed by atoms with Crippen LogP contribution in [-0.4, -0.2) is 57.0 Å². The van der Waals surface area contributed by atoms with Gasteiger partial charge in [0.2, 0.25) is 0 Å². The van der Waals surface area contributed by atoms with E-state index in [1.54, 1.807) is 18.2 Å². The summed E-state index contributed by atoms with van der Waals surface area (Å²) in [7, 11) is 6.92. The second-order valence-electron chi connectivity index (χ2n) is 13.2. The molecule has 3 heterocycles. The first-order valence-electron chi connectivity index (χ1n) is 18.1. The highest BCUT2D eigenvalue weighted by Gasteiger charge is 2.14. The lowest BCUT2D eigenvalue weighted by Crippen LogP contribution is -2.43. The zero-order chi connectivity index (χ0) is 46.9. The van der Waals surface area contributed by atoms with E-state index >= 15 is 0 Å². The molecule has 0 saturated carbocycles. The summed E-state index contributed by atoms with van der Waals surface area (Å²) in [5.41, 5.74) is 0.752. The Hall–Kier alpha value is -7.24. The molecule has 0 aliphatic carbocycles. The molecule has 3 aromatic carbocycles. The lowest BCUT2D eigenvalue weighted by molar-refractivity contribution is 0.405. The second-order valence-corrected chi connectivity index (χ2v) is 14.4. The van der Waals surface area contributed by atoms with E-state index in [-0.39, 0.29) is 15.3 Å². The molecule has 0 radical (unpaired) electrons. The van der Waals surface area contributed by atoms with E-state index in [0.29, 0.717) is 28.6 Å². The molecule has 63 heavy (non-hydrogen) atoms. The van der Waals surface area contributed by atoms with Crippen LogP contribution in [0.1, 0.15) is 11.1 Å². The van der Waals surface area contributed by atoms with Crippen molar-refractivity contribution in [3.63, 3.8) is 0 Å². The number of anilines is 3. The topological polar surface area (TPSA) is 207 Å². The fraction of sp³-hybridized carbons (Fsp3) is 0.175. The van der Waals surface area contributed by atoms with Crippen molar-refractivity contribution in [2.75, 3.05) is 30.2 Å². The van der Waals surface area contributed by atoms with Crippen molar-refractivity contribution in [2.45, 2.75) is 13.8 Å². The zero-order valence-corrected chi connectivity index (χ0v) is 37.1. The number of halogens is 3. The van der Waals surface area contributed by atoms with E-state index in [4.69, 9.17) is 62.4 Å². The van der Waals surface area contributed by atoms with Gasteiger partial charge in [-0.1, -0.05) is 35.4 Å². The van der Waals surface area contributed by atoms with Crippen LogP contribution in [0.4, 0.5) is 30.2 Å². The molecule has 0 fully saturated rings. The first-order chi connectivity index (χ1) is 29.7. The van der Waals surface area contributed by atoms with E-state index in [2.05, 4.69) is 16.0 Å². The Bertz CT molecular complexity index is 2950. The largest absolute Gasteiger partial charge is 0.497 e. The molecule has 23 heteroatoms. The average molecular weight is 923 g/mol. The molecule has 0 amide bonds. The summed E-state index contributed by atoms with van der Waals surface area (Å²) in [6.45, 7) is 3.91. The van der Waals surface area contributed by atoms with Crippen molar-refractivity contribution in [1.82, 2.24) is 27.4 Å². The van der Waals surface area contributed by atoms with Crippen LogP contribution >= 0.6 is 36.7 Å². The van der Waals surface area contributed by atoms with Crippen LogP contribution in [-0.2, 0) is 21.1 Å². The number of ether oxygens (including phenoxy) is 2. The molecular formula is C40H41F3N12O5S3. The van der Waals surface area contributed by atoms with Crippen LogP contribution in [0.5, 0.6) is 11.5 Å². The summed E-state index contributed by atoms with van der Waals surface area (Å²) < 4.78 is 56.5. The van der Waals surface area contributed by atoms with Gasteiger partial charge in [-0.05, 0) is 86.9 Å². The molecule has 6 N–H and O–H groups in total. The van der Waals surface area contributed by atoms with Gasteiger partial charge in [0.05, 0.1) is 38.5 Å². The summed E-state index contributed by atoms with van der Waals surface area (Å²) in [5, 5.41) is 30.8. The minimum Gasteiger partial charge on any atom is -0.497 e. The molecule has 0 unspecified atom stereocenters. The first-order valence-corrected chi connectivity index (χ1v) is 19.3. The SMILES string of the molecule is COc1ccc(OC)c(NC(=S)n2cc(F)c(=N)n(C)c2=O)c1.Cc1ccc(NC(=S)n2cc(F)c(=N)n(C)c2=O)cc1.Cc1ccc(NC(=S)n2cc(F)c(=N)n(C)c2=O)cc1. The van der Waals surface area contributed by atoms with Crippen molar-refractivity contribution in [1.29, 1.82) is 16.2 Å². The number of methoxy groups -OCH3 is 2. The molecule has 0 aliphatic rings. The van der Waals surface area contributed by atoms with Crippen molar-refractivity contribution in [3.8, 4) is 11.5 Å². The summed E-state index contributed by atoms with van der Waals surface area (Å²) in [6, 6.07) is 19.8. The Morgan fingerprint density at radius 3 is 1.19 bits per heavy atom. The maximum absolute atomic E-state index is 13.7. The summed E-state index contributed by atoms with van der Waals surface area (Å²) in [5.74, 6) is -1.47. The standard InChI is InChI=1S/C14H15FN4O3S.2C13H13FN4OS/c1-18-12(16)9(15)7-19(14(18)20)13(23)17-10-6-8(21-2)4-5-11(10)22-3;2*1-8-3-5-9(6-4-8)16-12(20)18-7-10(14)11(15)17(2)13(18)19/h4-7,16H,1-3H3,(H,17,23);2*3-7,15H,1-2H3,(H,16,20). The van der Waals surface area contributed by atoms with Gasteiger partial charge in [-0.2, -0.15) is 0 Å². The van der Waals surface area contributed by atoms with Crippen molar-refractivity contribution >= 4 is 69.1 Å². The van der Waals surface area contributed by atoms with Crippen LogP contribution in [0.3, 0.4) is 0 Å². The Morgan fingerprint density at radius 2 is 0.873 bits per heavy atom. The molecule has 6 aromatic rings. The monoisotopic (exact) mass is 922 g/mol. The number of nitrogens with zero attached hydrogens (tertiary/aromatic N) is 6. The molecule has 0 aliphatic heterocycles. The number of aryl methyl sites for hydroxylation is 2. The van der Waals surface area contributed by atoms with Gasteiger partial charge in [0.1, 0.15) is 11.5 Å². The van der Waals surface area contributed by atoms with Crippen molar-refractivity contribution < 1.29 is 22.6 Å². The maximum atomic E-state index is 13.7. The Kier molecular flexibility index (Phi) is 16.2. The Morgan fingerprint density at radius 1 is 0.540 bits per heavy atom. The minimum absolute atomic E-state index is 0.0494. The van der Waals surface area contributed by atoms with Gasteiger partial charge in [0, 0.05) is 38.6 Å². The zero-order valence-electron chi connectivity index (χ0n) is 34.7. The van der Waals surface area contributed by atoms with Gasteiger partial charge >= 0.3 is 17.1 Å². The van der Waals surface area contributed by atoms with Crippen LogP contribution in [0.2, 0.25) is 0 Å². The van der Waals surface area contributed by atoms with Gasteiger partial charge in [0.25, 0.3) is 0 Å². The third-order valence-corrected chi connectivity index (χ3v) is 9.70. The summed E-state index contributed by atoms with van der Waals surface area (Å²) >= 11 is 15.3. The highest BCUT2D eigenvalue weighted by molar-refractivity contribution is 7.81. The predicted molar refractivity (Wildman–Crippen MR) is 243 cm³/mol. The van der Waals surface area contributed by atoms with E-state index < -0.39 is 51.0 Å². The molecule has 3 aromatic heterocycles. The molecule has 0 bridgehead atoms. The third-order valence-electron chi connectivity index (χ3n) is 8.80. The van der Waals surface area contributed by atoms with E-state index in [1.807, 2.05) is 62.4 Å². The van der Waals surface area contributed by atoms with Gasteiger partial charge in [-0.25, -0.2) is 41.3 Å². The molecular weight excluding hydrogens is 882 g/mol. The fourth-order valence-corrected chi connectivity index (χ4v) is 5.84. The molecule has 17 nitrogen and oxygen atoms in total. The van der Waals surface area contributed by atoms with Crippen LogP contribution in [0.25, 0.3) is 0 Å². The molecule has 0 spiro atoms. The minimum atomic E-state index is -0.867. The number of aromatic nitrogens is 6. The second kappa shape index (κ2) is 21.0. The van der Waals surface area contributed by atoms with Crippen molar-refractivity contribution in [2.24, 2.45) is 21.1 Å². The number of benzene rings is 3. The highest BCUT2D eigenvalue weighted by atomic mass is 32.1. The molecule has 0 saturated heterocycles. The number of hydrogen-bond acceptors (Lipinski definition) is 11. The van der Waals surface area contributed by atoms with Gasteiger partial charge < -0.3 is 25.4 Å². The normalized spacial score (nSPS) is 10.3. The average Bonchev–Trinajstić information content (AvgIpc) is 3.27. The quantitative estimate of drug-likeness (QED) is 0.137. The molecule has 330 valence electrons. The van der Waals surface area contributed by atoms with Gasteiger partial charge in [0.15, 0.2) is 49.3 Å². The van der Waals surface area contributed by atoms with Crippen LogP contribution in [0, 0.1) is 47.5 Å². The maximum Gasteiger partial charge on any atom is 0.335 e. The van der Waals surface area contributed by atoms with Crippen molar-refractivity contribution in [3.05, 3.63) is 162 Å². The number of hydrogen-bond donors (Lipinski definition) is 6. The van der Waals surface area contributed by atoms with E-state index in [9.17, 15) is 27.6 Å². The highest BCUT2D eigenvalue weighted by Crippen LogP contribution is 2.29. The number of thiocarbonyl (C=S) groups is 3. The smallest absolute Gasteiger partial charge is 0.335 e. The number of rotatable bonds is 5. The lowest BCUT2D eigenvalue weighted by Gasteiger charge is -2.15. The molecule has 6 rings (SSSR count). The fourth-order valence-electron chi connectivity index (χ4n) is 5.11. The van der Waals surface area contributed by atoms with Crippen LogP contribution in [0.15, 0.2) is 99.7 Å². The van der Waals surface area contributed by atoms with Crippen LogP contribution < -0.4 is 59.0 Å². The van der Waals surface area contributed by atoms with E-state index in [1.165, 1.54) is 35.4 Å². The predicted octanol–water partition coefficient (Wildman–Crippen LogP) is 3.79. The van der Waals surface area contributed by atoms with Gasteiger partial charge in [-0.15, -0.1) is 0 Å².